The fraction of sp³-hybridized carbons (Fsp3) is 0.700. The zero-order valence-electron chi connectivity index (χ0n) is 17.4. The fourth-order valence-electron chi connectivity index (χ4n) is 2.74. The molecule has 0 saturated carbocycles. The molecular weight excluding hydrogens is 366 g/mol. The lowest BCUT2D eigenvalue weighted by atomic mass is 9.94. The SMILES string of the molecule is CCC=NC1=C(C(C)C)CCN(C(=O)/C(OCC(C)(C)O)=C(/C)C(F)P)C1. The first-order valence-corrected chi connectivity index (χ1v) is 10.1. The van der Waals surface area contributed by atoms with Crippen LogP contribution in [0.1, 0.15) is 54.4 Å². The minimum Gasteiger partial charge on any atom is -0.485 e. The number of halogens is 1. The van der Waals surface area contributed by atoms with Crippen molar-refractivity contribution >= 4 is 21.4 Å². The van der Waals surface area contributed by atoms with Gasteiger partial charge in [-0.05, 0) is 45.1 Å². The van der Waals surface area contributed by atoms with Crippen LogP contribution in [0.25, 0.3) is 0 Å². The molecule has 0 spiro atoms. The van der Waals surface area contributed by atoms with Gasteiger partial charge in [-0.2, -0.15) is 0 Å². The second-order valence-corrected chi connectivity index (χ2v) is 8.42. The van der Waals surface area contributed by atoms with E-state index in [1.807, 2.05) is 22.4 Å². The van der Waals surface area contributed by atoms with Crippen LogP contribution in [0.4, 0.5) is 4.39 Å². The number of aliphatic imine (C=N–C) groups is 1. The summed E-state index contributed by atoms with van der Waals surface area (Å²) in [6.07, 6.45) is 3.40. The molecule has 1 amide bonds. The van der Waals surface area contributed by atoms with E-state index >= 15 is 0 Å². The topological polar surface area (TPSA) is 62.1 Å². The molecule has 27 heavy (non-hydrogen) atoms. The minimum absolute atomic E-state index is 0.0357. The maximum absolute atomic E-state index is 13.9. The Hall–Kier alpha value is -1.26. The van der Waals surface area contributed by atoms with Crippen LogP contribution in [0.5, 0.6) is 0 Å². The van der Waals surface area contributed by atoms with Gasteiger partial charge in [-0.15, -0.1) is 0 Å². The Kier molecular flexibility index (Phi) is 9.10. The Bertz CT molecular complexity index is 619. The second-order valence-electron chi connectivity index (χ2n) is 7.84. The lowest BCUT2D eigenvalue weighted by molar-refractivity contribution is -0.132. The summed E-state index contributed by atoms with van der Waals surface area (Å²) in [5, 5.41) is 9.92. The summed E-state index contributed by atoms with van der Waals surface area (Å²) in [6, 6.07) is 0. The number of allylic oxidation sites excluding steroid dienone is 1. The average molecular weight is 400 g/mol. The number of ether oxygens (including phenoxy) is 1. The van der Waals surface area contributed by atoms with Gasteiger partial charge >= 0.3 is 0 Å². The van der Waals surface area contributed by atoms with E-state index in [2.05, 4.69) is 18.8 Å². The molecule has 0 bridgehead atoms. The number of hydrogen-bond acceptors (Lipinski definition) is 4. The van der Waals surface area contributed by atoms with Crippen molar-refractivity contribution in [1.29, 1.82) is 0 Å². The van der Waals surface area contributed by atoms with Crippen LogP contribution >= 0.6 is 9.24 Å². The van der Waals surface area contributed by atoms with Crippen LogP contribution in [0, 0.1) is 5.92 Å². The van der Waals surface area contributed by atoms with Crippen molar-refractivity contribution in [2.75, 3.05) is 19.7 Å². The van der Waals surface area contributed by atoms with Gasteiger partial charge in [-0.25, -0.2) is 4.39 Å². The number of amides is 1. The molecule has 1 rings (SSSR count). The molecule has 2 unspecified atom stereocenters. The highest BCUT2D eigenvalue weighted by Crippen LogP contribution is 2.28. The third kappa shape index (κ3) is 7.34. The third-order valence-electron chi connectivity index (χ3n) is 4.31. The minimum atomic E-state index is -1.39. The number of rotatable bonds is 8. The highest BCUT2D eigenvalue weighted by Gasteiger charge is 2.30. The fourth-order valence-corrected chi connectivity index (χ4v) is 2.89. The molecule has 0 fully saturated rings. The normalized spacial score (nSPS) is 18.2. The van der Waals surface area contributed by atoms with Crippen LogP contribution in [-0.4, -0.2) is 53.3 Å². The second kappa shape index (κ2) is 10.3. The van der Waals surface area contributed by atoms with Crippen LogP contribution in [0.3, 0.4) is 0 Å². The first-order chi connectivity index (χ1) is 12.5. The molecule has 1 heterocycles. The van der Waals surface area contributed by atoms with E-state index in [9.17, 15) is 14.3 Å². The van der Waals surface area contributed by atoms with Gasteiger partial charge in [0.1, 0.15) is 12.5 Å². The number of carbonyl (C=O) groups excluding carboxylic acids is 1. The molecule has 0 aromatic rings. The maximum Gasteiger partial charge on any atom is 0.289 e. The van der Waals surface area contributed by atoms with Gasteiger partial charge in [0.25, 0.3) is 5.91 Å². The Balaban J connectivity index is 3.12. The summed E-state index contributed by atoms with van der Waals surface area (Å²) in [5.74, 6) is -1.44. The quantitative estimate of drug-likeness (QED) is 0.291. The van der Waals surface area contributed by atoms with Gasteiger partial charge in [0, 0.05) is 18.3 Å². The molecule has 0 saturated heterocycles. The molecule has 1 aliphatic heterocycles. The van der Waals surface area contributed by atoms with E-state index in [1.54, 1.807) is 18.7 Å². The van der Waals surface area contributed by atoms with Crippen molar-refractivity contribution in [3.63, 3.8) is 0 Å². The van der Waals surface area contributed by atoms with E-state index < -0.39 is 11.5 Å². The van der Waals surface area contributed by atoms with Crippen LogP contribution in [0.2, 0.25) is 0 Å². The molecule has 0 aliphatic carbocycles. The number of carbonyl (C=O) groups is 1. The number of aliphatic hydroxyl groups is 1. The molecule has 154 valence electrons. The lowest BCUT2D eigenvalue weighted by Gasteiger charge is -2.32. The molecule has 0 radical (unpaired) electrons. The van der Waals surface area contributed by atoms with Crippen molar-refractivity contribution in [3.05, 3.63) is 22.6 Å². The van der Waals surface area contributed by atoms with Crippen LogP contribution in [0.15, 0.2) is 27.6 Å². The molecule has 1 N–H and O–H groups in total. The standard InChI is InChI=1S/C20H34FN2O3P/c1-7-9-22-16-11-23(10-8-15(16)13(2)3)19(24)17(14(4)18(21)27)26-12-20(5,6)25/h9,13,18,25H,7-8,10-12,27H2,1-6H3/b17-14+,22-9?. The Morgan fingerprint density at radius 3 is 2.59 bits per heavy atom. The largest absolute Gasteiger partial charge is 0.485 e. The number of alkyl halides is 1. The zero-order chi connectivity index (χ0) is 20.8. The van der Waals surface area contributed by atoms with E-state index in [-0.39, 0.29) is 23.8 Å². The first kappa shape index (κ1) is 23.8. The number of nitrogens with zero attached hydrogens (tertiary/aromatic N) is 2. The summed E-state index contributed by atoms with van der Waals surface area (Å²) in [6.45, 7) is 11.8. The summed E-state index contributed by atoms with van der Waals surface area (Å²) >= 11 is 0. The summed E-state index contributed by atoms with van der Waals surface area (Å²) in [5.41, 5.74) is 1.22. The molecule has 2 atom stereocenters. The molecule has 7 heteroatoms. The van der Waals surface area contributed by atoms with E-state index in [0.717, 1.165) is 18.5 Å². The Labute approximate surface area is 165 Å². The molecule has 5 nitrogen and oxygen atoms in total. The van der Waals surface area contributed by atoms with Crippen molar-refractivity contribution < 1.29 is 19.0 Å². The first-order valence-electron chi connectivity index (χ1n) is 9.47. The maximum atomic E-state index is 13.9. The van der Waals surface area contributed by atoms with Gasteiger partial charge in [-0.1, -0.05) is 30.0 Å². The van der Waals surface area contributed by atoms with Gasteiger partial charge in [-0.3, -0.25) is 9.79 Å². The van der Waals surface area contributed by atoms with Crippen molar-refractivity contribution in [2.45, 2.75) is 65.9 Å². The highest BCUT2D eigenvalue weighted by molar-refractivity contribution is 7.17. The Morgan fingerprint density at radius 1 is 1.48 bits per heavy atom. The van der Waals surface area contributed by atoms with Crippen molar-refractivity contribution in [3.8, 4) is 0 Å². The van der Waals surface area contributed by atoms with Crippen molar-refractivity contribution in [2.24, 2.45) is 10.9 Å². The van der Waals surface area contributed by atoms with E-state index in [1.165, 1.54) is 12.5 Å². The summed E-state index contributed by atoms with van der Waals surface area (Å²) in [7, 11) is 2.03. The molecule has 0 aromatic carbocycles. The van der Waals surface area contributed by atoms with Crippen LogP contribution < -0.4 is 0 Å². The Morgan fingerprint density at radius 2 is 2.11 bits per heavy atom. The van der Waals surface area contributed by atoms with Gasteiger partial charge in [0.2, 0.25) is 0 Å². The molecule has 1 aliphatic rings. The average Bonchev–Trinajstić information content (AvgIpc) is 2.58. The molecular formula is C20H34FN2O3P. The van der Waals surface area contributed by atoms with E-state index in [4.69, 9.17) is 4.74 Å². The van der Waals surface area contributed by atoms with Crippen LogP contribution in [-0.2, 0) is 9.53 Å². The predicted molar refractivity (Wildman–Crippen MR) is 111 cm³/mol. The number of hydrogen-bond donors (Lipinski definition) is 1. The smallest absolute Gasteiger partial charge is 0.289 e. The van der Waals surface area contributed by atoms with Gasteiger partial charge in [0.15, 0.2) is 5.76 Å². The van der Waals surface area contributed by atoms with Crippen molar-refractivity contribution in [1.82, 2.24) is 4.90 Å². The molecule has 0 aromatic heterocycles. The summed E-state index contributed by atoms with van der Waals surface area (Å²) < 4.78 is 19.4. The lowest BCUT2D eigenvalue weighted by Crippen LogP contribution is -2.40. The third-order valence-corrected chi connectivity index (χ3v) is 4.81. The summed E-state index contributed by atoms with van der Waals surface area (Å²) in [4.78, 5) is 19.3. The monoisotopic (exact) mass is 400 g/mol. The zero-order valence-corrected chi connectivity index (χ0v) is 18.5. The van der Waals surface area contributed by atoms with Gasteiger partial charge in [0.05, 0.1) is 17.8 Å². The highest BCUT2D eigenvalue weighted by atomic mass is 31.0. The predicted octanol–water partition coefficient (Wildman–Crippen LogP) is 3.84. The van der Waals surface area contributed by atoms with Gasteiger partial charge < -0.3 is 14.7 Å². The van der Waals surface area contributed by atoms with E-state index in [0.29, 0.717) is 19.0 Å².